The number of aromatic nitrogens is 1. The third-order valence-electron chi connectivity index (χ3n) is 1.94. The van der Waals surface area contributed by atoms with E-state index in [1.54, 1.807) is 12.4 Å². The summed E-state index contributed by atoms with van der Waals surface area (Å²) in [7, 11) is 0. The van der Waals surface area contributed by atoms with Crippen LogP contribution in [0.4, 0.5) is 0 Å². The quantitative estimate of drug-likeness (QED) is 0.660. The molecule has 0 aliphatic rings. The Kier molecular flexibility index (Phi) is 2.47. The molecule has 0 fully saturated rings. The number of nitrogens with one attached hydrogen (secondary N) is 1. The van der Waals surface area contributed by atoms with Crippen molar-refractivity contribution in [2.75, 3.05) is 0 Å². The molecule has 1 heterocycles. The fourth-order valence-electron chi connectivity index (χ4n) is 0.947. The fourth-order valence-corrected chi connectivity index (χ4v) is 0.947. The predicted octanol–water partition coefficient (Wildman–Crippen LogP) is 2.24. The highest BCUT2D eigenvalue weighted by Gasteiger charge is 2.12. The van der Waals surface area contributed by atoms with Crippen LogP contribution in [-0.2, 0) is 0 Å². The van der Waals surface area contributed by atoms with E-state index in [-0.39, 0.29) is 11.7 Å². The molecule has 0 aromatic carbocycles. The van der Waals surface area contributed by atoms with Crippen molar-refractivity contribution in [2.45, 2.75) is 20.3 Å². The summed E-state index contributed by atoms with van der Waals surface area (Å²) in [4.78, 5) is 14.3. The average Bonchev–Trinajstić information content (AvgIpc) is 2.53. The second-order valence-corrected chi connectivity index (χ2v) is 2.77. The molecule has 1 rings (SSSR count). The number of hydrogen-bond acceptors (Lipinski definition) is 1. The summed E-state index contributed by atoms with van der Waals surface area (Å²) >= 11 is 0. The van der Waals surface area contributed by atoms with Crippen LogP contribution < -0.4 is 0 Å². The number of carbonyl (C=O) groups excluding carboxylic acids is 1. The smallest absolute Gasteiger partial charge is 0.167 e. The zero-order valence-corrected chi connectivity index (χ0v) is 6.92. The number of carbonyl (C=O) groups is 1. The summed E-state index contributed by atoms with van der Waals surface area (Å²) in [6.07, 6.45) is 4.42. The van der Waals surface area contributed by atoms with Gasteiger partial charge < -0.3 is 4.98 Å². The predicted molar refractivity (Wildman–Crippen MR) is 44.6 cm³/mol. The molecule has 60 valence electrons. The molecule has 0 aliphatic heterocycles. The average molecular weight is 151 g/mol. The van der Waals surface area contributed by atoms with Crippen LogP contribution in [0, 0.1) is 5.92 Å². The molecule has 0 saturated heterocycles. The lowest BCUT2D eigenvalue weighted by Crippen LogP contribution is -2.08. The minimum absolute atomic E-state index is 0.144. The molecule has 1 unspecified atom stereocenters. The van der Waals surface area contributed by atoms with Gasteiger partial charge in [0.15, 0.2) is 5.78 Å². The summed E-state index contributed by atoms with van der Waals surface area (Å²) in [5.74, 6) is 0.375. The first-order valence-corrected chi connectivity index (χ1v) is 3.92. The van der Waals surface area contributed by atoms with Gasteiger partial charge in [-0.05, 0) is 12.5 Å². The normalized spacial score (nSPS) is 12.9. The lowest BCUT2D eigenvalue weighted by atomic mass is 9.99. The Balaban J connectivity index is 2.70. The summed E-state index contributed by atoms with van der Waals surface area (Å²) in [6, 6.07) is 1.81. The van der Waals surface area contributed by atoms with E-state index in [0.717, 1.165) is 12.0 Å². The molecule has 0 bridgehead atoms. The van der Waals surface area contributed by atoms with Crippen LogP contribution >= 0.6 is 0 Å². The Labute approximate surface area is 66.6 Å². The van der Waals surface area contributed by atoms with Crippen molar-refractivity contribution in [3.05, 3.63) is 24.0 Å². The van der Waals surface area contributed by atoms with Crippen LogP contribution in [0.25, 0.3) is 0 Å². The summed E-state index contributed by atoms with van der Waals surface area (Å²) in [5.41, 5.74) is 0.791. The van der Waals surface area contributed by atoms with Crippen LogP contribution in [0.1, 0.15) is 30.6 Å². The number of H-pyrrole nitrogens is 1. The summed E-state index contributed by atoms with van der Waals surface area (Å²) < 4.78 is 0. The third-order valence-corrected chi connectivity index (χ3v) is 1.94. The highest BCUT2D eigenvalue weighted by atomic mass is 16.1. The van der Waals surface area contributed by atoms with E-state index in [4.69, 9.17) is 0 Å². The molecule has 2 nitrogen and oxygen atoms in total. The van der Waals surface area contributed by atoms with E-state index in [1.165, 1.54) is 0 Å². The first-order chi connectivity index (χ1) is 5.25. The first kappa shape index (κ1) is 8.05. The van der Waals surface area contributed by atoms with Crippen LogP contribution in [-0.4, -0.2) is 10.8 Å². The molecule has 11 heavy (non-hydrogen) atoms. The Morgan fingerprint density at radius 1 is 1.73 bits per heavy atom. The molecule has 0 aliphatic carbocycles. The highest BCUT2D eigenvalue weighted by Crippen LogP contribution is 2.10. The lowest BCUT2D eigenvalue weighted by molar-refractivity contribution is 0.0927. The van der Waals surface area contributed by atoms with Crippen molar-refractivity contribution in [3.8, 4) is 0 Å². The second kappa shape index (κ2) is 3.37. The van der Waals surface area contributed by atoms with Gasteiger partial charge in [-0.25, -0.2) is 0 Å². The van der Waals surface area contributed by atoms with Crippen molar-refractivity contribution in [1.82, 2.24) is 4.98 Å². The van der Waals surface area contributed by atoms with Gasteiger partial charge in [-0.3, -0.25) is 4.79 Å². The molecule has 2 heteroatoms. The van der Waals surface area contributed by atoms with E-state index in [2.05, 4.69) is 4.98 Å². The van der Waals surface area contributed by atoms with Crippen LogP contribution in [0.3, 0.4) is 0 Å². The standard InChI is InChI=1S/C9H13NO/c1-3-7(2)9(11)8-4-5-10-6-8/h4-7,10H,3H2,1-2H3. The number of ketones is 1. The fraction of sp³-hybridized carbons (Fsp3) is 0.444. The SMILES string of the molecule is CCC(C)C(=O)c1cc[nH]c1. The zero-order valence-electron chi connectivity index (χ0n) is 6.92. The minimum Gasteiger partial charge on any atom is -0.367 e. The Morgan fingerprint density at radius 2 is 2.45 bits per heavy atom. The minimum atomic E-state index is 0.144. The van der Waals surface area contributed by atoms with Gasteiger partial charge in [0, 0.05) is 23.9 Å². The van der Waals surface area contributed by atoms with Gasteiger partial charge in [-0.1, -0.05) is 13.8 Å². The van der Waals surface area contributed by atoms with E-state index in [1.807, 2.05) is 19.9 Å². The van der Waals surface area contributed by atoms with Crippen LogP contribution in [0.5, 0.6) is 0 Å². The van der Waals surface area contributed by atoms with E-state index in [0.29, 0.717) is 0 Å². The van der Waals surface area contributed by atoms with Crippen molar-refractivity contribution in [2.24, 2.45) is 5.92 Å². The number of aromatic amines is 1. The molecular weight excluding hydrogens is 138 g/mol. The summed E-state index contributed by atoms with van der Waals surface area (Å²) in [5, 5.41) is 0. The van der Waals surface area contributed by atoms with Crippen LogP contribution in [0.2, 0.25) is 0 Å². The van der Waals surface area contributed by atoms with Crippen molar-refractivity contribution in [1.29, 1.82) is 0 Å². The highest BCUT2D eigenvalue weighted by molar-refractivity contribution is 5.97. The second-order valence-electron chi connectivity index (χ2n) is 2.77. The molecule has 0 amide bonds. The summed E-state index contributed by atoms with van der Waals surface area (Å²) in [6.45, 7) is 3.98. The maximum absolute atomic E-state index is 11.4. The first-order valence-electron chi connectivity index (χ1n) is 3.92. The molecule has 1 aromatic heterocycles. The molecule has 0 spiro atoms. The number of hydrogen-bond donors (Lipinski definition) is 1. The monoisotopic (exact) mass is 151 g/mol. The van der Waals surface area contributed by atoms with Gasteiger partial charge in [-0.2, -0.15) is 0 Å². The molecule has 1 aromatic rings. The lowest BCUT2D eigenvalue weighted by Gasteiger charge is -2.03. The van der Waals surface area contributed by atoms with Gasteiger partial charge in [0.2, 0.25) is 0 Å². The largest absolute Gasteiger partial charge is 0.367 e. The maximum atomic E-state index is 11.4. The van der Waals surface area contributed by atoms with Crippen LogP contribution in [0.15, 0.2) is 18.5 Å². The van der Waals surface area contributed by atoms with Crippen molar-refractivity contribution in [3.63, 3.8) is 0 Å². The topological polar surface area (TPSA) is 32.9 Å². The Bertz CT molecular complexity index is 226. The number of Topliss-reactive ketones (excluding diaryl/α,β-unsaturated/α-hetero) is 1. The van der Waals surface area contributed by atoms with Crippen molar-refractivity contribution < 1.29 is 4.79 Å². The van der Waals surface area contributed by atoms with E-state index >= 15 is 0 Å². The van der Waals surface area contributed by atoms with Gasteiger partial charge in [0.25, 0.3) is 0 Å². The molecule has 0 radical (unpaired) electrons. The van der Waals surface area contributed by atoms with E-state index < -0.39 is 0 Å². The number of rotatable bonds is 3. The molecule has 0 saturated carbocycles. The Morgan fingerprint density at radius 3 is 2.91 bits per heavy atom. The molecule has 1 N–H and O–H groups in total. The maximum Gasteiger partial charge on any atom is 0.167 e. The molecular formula is C9H13NO. The van der Waals surface area contributed by atoms with Gasteiger partial charge in [0.1, 0.15) is 0 Å². The Hall–Kier alpha value is -1.05. The van der Waals surface area contributed by atoms with Gasteiger partial charge in [-0.15, -0.1) is 0 Å². The van der Waals surface area contributed by atoms with E-state index in [9.17, 15) is 4.79 Å². The van der Waals surface area contributed by atoms with Crippen molar-refractivity contribution >= 4 is 5.78 Å². The van der Waals surface area contributed by atoms with Gasteiger partial charge in [0.05, 0.1) is 0 Å². The van der Waals surface area contributed by atoms with Gasteiger partial charge >= 0.3 is 0 Å². The third kappa shape index (κ3) is 1.70. The molecule has 1 atom stereocenters. The zero-order chi connectivity index (χ0) is 8.27.